The Kier molecular flexibility index (Phi) is 4.50. The highest BCUT2D eigenvalue weighted by Gasteiger charge is 2.21. The molecular weight excluding hydrogens is 388 g/mol. The van der Waals surface area contributed by atoms with Gasteiger partial charge in [-0.15, -0.1) is 0 Å². The van der Waals surface area contributed by atoms with Crippen LogP contribution in [0.5, 0.6) is 0 Å². The minimum Gasteiger partial charge on any atom is -0.468 e. The fourth-order valence-electron chi connectivity index (χ4n) is 3.51. The predicted molar refractivity (Wildman–Crippen MR) is 111 cm³/mol. The zero-order valence-electron chi connectivity index (χ0n) is 16.3. The van der Waals surface area contributed by atoms with Crippen molar-refractivity contribution < 1.29 is 14.3 Å². The molecule has 9 heteroatoms. The third-order valence-corrected chi connectivity index (χ3v) is 5.11. The summed E-state index contributed by atoms with van der Waals surface area (Å²) in [4.78, 5) is 52.2. The predicted octanol–water partition coefficient (Wildman–Crippen LogP) is 1.24. The number of hydrogen-bond donors (Lipinski definition) is 2. The number of benzene rings is 1. The maximum atomic E-state index is 13.2. The average Bonchev–Trinajstić information content (AvgIpc) is 3.00. The van der Waals surface area contributed by atoms with Gasteiger partial charge < -0.3 is 19.9 Å². The summed E-state index contributed by atoms with van der Waals surface area (Å²) < 4.78 is 6.98. The number of anilines is 1. The molecule has 4 rings (SSSR count). The molecule has 0 saturated heterocycles. The van der Waals surface area contributed by atoms with Crippen LogP contribution in [0.1, 0.15) is 21.6 Å². The molecule has 0 amide bonds. The largest absolute Gasteiger partial charge is 0.468 e. The number of fused-ring (bicyclic) bond motifs is 2. The summed E-state index contributed by atoms with van der Waals surface area (Å²) in [6.45, 7) is 1.26. The second-order valence-electron chi connectivity index (χ2n) is 6.83. The van der Waals surface area contributed by atoms with E-state index < -0.39 is 23.8 Å². The lowest BCUT2D eigenvalue weighted by Crippen LogP contribution is -2.37. The van der Waals surface area contributed by atoms with Gasteiger partial charge in [-0.3, -0.25) is 14.4 Å². The van der Waals surface area contributed by atoms with Crippen molar-refractivity contribution in [3.8, 4) is 0 Å². The lowest BCUT2D eigenvalue weighted by molar-refractivity contribution is -0.141. The Morgan fingerprint density at radius 2 is 1.93 bits per heavy atom. The number of H-pyrrole nitrogens is 1. The summed E-state index contributed by atoms with van der Waals surface area (Å²) in [6.07, 6.45) is 1.75. The Morgan fingerprint density at radius 1 is 1.17 bits per heavy atom. The molecule has 0 spiro atoms. The maximum Gasteiger partial charge on any atom is 0.329 e. The molecule has 0 radical (unpaired) electrons. The number of methoxy groups -OCH3 is 1. The fourth-order valence-corrected chi connectivity index (χ4v) is 3.51. The number of nitrogens with two attached hydrogens (primary N) is 1. The van der Waals surface area contributed by atoms with Gasteiger partial charge in [0, 0.05) is 17.3 Å². The number of rotatable bonds is 4. The molecular formula is C21H18N4O5. The molecule has 3 aromatic heterocycles. The number of carbonyl (C=O) groups excluding carboxylic acids is 2. The van der Waals surface area contributed by atoms with Crippen LogP contribution >= 0.6 is 0 Å². The zero-order valence-corrected chi connectivity index (χ0v) is 16.3. The van der Waals surface area contributed by atoms with Gasteiger partial charge in [-0.05, 0) is 31.2 Å². The molecule has 4 aromatic rings. The third-order valence-electron chi connectivity index (χ3n) is 5.11. The van der Waals surface area contributed by atoms with Crippen LogP contribution in [0.15, 0.2) is 52.2 Å². The highest BCUT2D eigenvalue weighted by atomic mass is 16.5. The van der Waals surface area contributed by atoms with E-state index in [1.807, 2.05) is 12.1 Å². The van der Waals surface area contributed by atoms with Crippen molar-refractivity contribution in [2.24, 2.45) is 0 Å². The molecule has 0 fully saturated rings. The lowest BCUT2D eigenvalue weighted by Gasteiger charge is -2.08. The summed E-state index contributed by atoms with van der Waals surface area (Å²) in [5.74, 6) is -1.02. The summed E-state index contributed by atoms with van der Waals surface area (Å²) in [5, 5.41) is 0.173. The first-order chi connectivity index (χ1) is 14.3. The number of hydrogen-bond acceptors (Lipinski definition) is 6. The molecule has 1 aromatic carbocycles. The molecule has 3 heterocycles. The Morgan fingerprint density at radius 3 is 2.67 bits per heavy atom. The number of nitrogen functional groups attached to an aromatic ring is 1. The summed E-state index contributed by atoms with van der Waals surface area (Å²) in [7, 11) is 1.17. The van der Waals surface area contributed by atoms with Crippen molar-refractivity contribution >= 4 is 33.9 Å². The van der Waals surface area contributed by atoms with E-state index in [-0.39, 0.29) is 22.2 Å². The van der Waals surface area contributed by atoms with Crippen molar-refractivity contribution in [2.75, 3.05) is 12.8 Å². The Bertz CT molecular complexity index is 1460. The van der Waals surface area contributed by atoms with Crippen LogP contribution in [-0.2, 0) is 16.1 Å². The Balaban J connectivity index is 1.86. The number of nitrogens with zero attached hydrogens (tertiary/aromatic N) is 2. The monoisotopic (exact) mass is 406 g/mol. The summed E-state index contributed by atoms with van der Waals surface area (Å²) in [6, 6.07) is 9.85. The normalized spacial score (nSPS) is 11.1. The molecule has 9 nitrogen and oxygen atoms in total. The highest BCUT2D eigenvalue weighted by molar-refractivity contribution is 6.12. The second kappa shape index (κ2) is 7.03. The Labute approximate surface area is 169 Å². The third kappa shape index (κ3) is 2.87. The molecule has 152 valence electrons. The number of nitrogens with one attached hydrogen (secondary N) is 1. The number of carbonyl (C=O) groups is 2. The quantitative estimate of drug-likeness (QED) is 0.388. The fraction of sp³-hybridized carbons (Fsp3) is 0.143. The van der Waals surface area contributed by atoms with Crippen LogP contribution in [0.2, 0.25) is 0 Å². The van der Waals surface area contributed by atoms with Crippen LogP contribution in [-0.4, -0.2) is 32.8 Å². The van der Waals surface area contributed by atoms with Crippen molar-refractivity contribution in [1.29, 1.82) is 0 Å². The molecule has 0 bridgehead atoms. The number of ether oxygens (including phenoxy) is 1. The minimum atomic E-state index is -0.768. The molecule has 0 unspecified atom stereocenters. The van der Waals surface area contributed by atoms with E-state index in [1.165, 1.54) is 25.3 Å². The van der Waals surface area contributed by atoms with Gasteiger partial charge in [0.05, 0.1) is 34.9 Å². The number of aromatic amines is 1. The van der Waals surface area contributed by atoms with Gasteiger partial charge in [0.25, 0.3) is 5.56 Å². The molecule has 30 heavy (non-hydrogen) atoms. The van der Waals surface area contributed by atoms with E-state index in [2.05, 4.69) is 9.72 Å². The van der Waals surface area contributed by atoms with Crippen LogP contribution in [0.25, 0.3) is 16.4 Å². The first-order valence-corrected chi connectivity index (χ1v) is 9.07. The van der Waals surface area contributed by atoms with E-state index in [9.17, 15) is 19.2 Å². The average molecular weight is 406 g/mol. The summed E-state index contributed by atoms with van der Waals surface area (Å²) in [5.41, 5.74) is 7.51. The maximum absolute atomic E-state index is 13.2. The molecule has 3 N–H and O–H groups in total. The SMILES string of the molecule is COC(=O)Cn1c(=O)[nH]c2cc(C(=O)c3c(C)c(N)c4ccccn34)ccc2c1=O. The number of ketones is 1. The van der Waals surface area contributed by atoms with E-state index in [4.69, 9.17) is 5.73 Å². The van der Waals surface area contributed by atoms with Crippen LogP contribution in [0, 0.1) is 6.92 Å². The van der Waals surface area contributed by atoms with E-state index in [0.717, 1.165) is 10.1 Å². The van der Waals surface area contributed by atoms with Crippen LogP contribution < -0.4 is 17.0 Å². The first-order valence-electron chi connectivity index (χ1n) is 9.07. The molecule has 0 atom stereocenters. The molecule has 0 saturated carbocycles. The van der Waals surface area contributed by atoms with Gasteiger partial charge in [-0.2, -0.15) is 0 Å². The number of pyridine rings is 1. The van der Waals surface area contributed by atoms with E-state index in [0.29, 0.717) is 16.9 Å². The number of aromatic nitrogens is 3. The van der Waals surface area contributed by atoms with Gasteiger partial charge in [-0.25, -0.2) is 9.36 Å². The van der Waals surface area contributed by atoms with Crippen molar-refractivity contribution in [2.45, 2.75) is 13.5 Å². The van der Waals surface area contributed by atoms with Crippen molar-refractivity contribution in [3.63, 3.8) is 0 Å². The van der Waals surface area contributed by atoms with Gasteiger partial charge in [0.2, 0.25) is 5.78 Å². The number of esters is 1. The van der Waals surface area contributed by atoms with Crippen LogP contribution in [0.4, 0.5) is 5.69 Å². The first kappa shape index (κ1) is 19.2. The molecule has 0 aliphatic carbocycles. The van der Waals surface area contributed by atoms with E-state index in [1.54, 1.807) is 23.6 Å². The second-order valence-corrected chi connectivity index (χ2v) is 6.83. The van der Waals surface area contributed by atoms with Crippen molar-refractivity contribution in [1.82, 2.24) is 14.0 Å². The van der Waals surface area contributed by atoms with Crippen LogP contribution in [0.3, 0.4) is 0 Å². The minimum absolute atomic E-state index is 0.173. The smallest absolute Gasteiger partial charge is 0.329 e. The topological polar surface area (TPSA) is 129 Å². The summed E-state index contributed by atoms with van der Waals surface area (Å²) >= 11 is 0. The Hall–Kier alpha value is -4.14. The zero-order chi connectivity index (χ0) is 21.6. The van der Waals surface area contributed by atoms with Gasteiger partial charge >= 0.3 is 11.7 Å². The van der Waals surface area contributed by atoms with Gasteiger partial charge in [0.1, 0.15) is 6.54 Å². The van der Waals surface area contributed by atoms with Gasteiger partial charge in [0.15, 0.2) is 0 Å². The standard InChI is InChI=1S/C21H18N4O5/c1-11-17(22)15-5-3-4-8-24(15)18(11)19(27)12-6-7-13-14(9-12)23-21(29)25(20(13)28)10-16(26)30-2/h3-9H,10,22H2,1-2H3,(H,23,29). The van der Waals surface area contributed by atoms with Gasteiger partial charge in [-0.1, -0.05) is 12.1 Å². The van der Waals surface area contributed by atoms with Crippen molar-refractivity contribution in [3.05, 3.63) is 80.3 Å². The highest BCUT2D eigenvalue weighted by Crippen LogP contribution is 2.27. The molecule has 0 aliphatic heterocycles. The lowest BCUT2D eigenvalue weighted by atomic mass is 10.0. The molecule has 0 aliphatic rings. The van der Waals surface area contributed by atoms with E-state index >= 15 is 0 Å².